The number of amides is 1. The second-order valence-electron chi connectivity index (χ2n) is 5.98. The smallest absolute Gasteiger partial charge is 0.223 e. The average Bonchev–Trinajstić information content (AvgIpc) is 3.35. The van der Waals surface area contributed by atoms with Crippen LogP contribution < -0.4 is 10.1 Å². The zero-order valence-corrected chi connectivity index (χ0v) is 12.9. The van der Waals surface area contributed by atoms with Crippen molar-refractivity contribution in [2.24, 2.45) is 0 Å². The summed E-state index contributed by atoms with van der Waals surface area (Å²) < 4.78 is 18.4. The van der Waals surface area contributed by atoms with Crippen molar-refractivity contribution in [2.75, 3.05) is 13.2 Å². The molecule has 0 aliphatic heterocycles. The Morgan fingerprint density at radius 2 is 1.91 bits per heavy atom. The first-order valence-corrected chi connectivity index (χ1v) is 7.89. The van der Waals surface area contributed by atoms with E-state index in [-0.39, 0.29) is 30.2 Å². The van der Waals surface area contributed by atoms with Crippen LogP contribution in [0.4, 0.5) is 4.39 Å². The summed E-state index contributed by atoms with van der Waals surface area (Å²) in [4.78, 5) is 11.9. The van der Waals surface area contributed by atoms with Crippen LogP contribution in [0.25, 0.3) is 0 Å². The van der Waals surface area contributed by atoms with Crippen molar-refractivity contribution in [1.82, 2.24) is 5.32 Å². The molecule has 0 spiro atoms. The normalized spacial score (nSPS) is 15.0. The Hall–Kier alpha value is -2.36. The fourth-order valence-corrected chi connectivity index (χ4v) is 2.68. The predicted molar refractivity (Wildman–Crippen MR) is 86.9 cm³/mol. The topological polar surface area (TPSA) is 38.3 Å². The van der Waals surface area contributed by atoms with Crippen LogP contribution >= 0.6 is 0 Å². The lowest BCUT2D eigenvalue weighted by Gasteiger charge is -2.16. The molecule has 1 N–H and O–H groups in total. The summed E-state index contributed by atoms with van der Waals surface area (Å²) in [6, 6.07) is 16.2. The summed E-state index contributed by atoms with van der Waals surface area (Å²) >= 11 is 0. The molecule has 3 rings (SSSR count). The van der Waals surface area contributed by atoms with Gasteiger partial charge in [0.1, 0.15) is 11.6 Å². The minimum absolute atomic E-state index is 0.0383. The Bertz CT molecular complexity index is 668. The van der Waals surface area contributed by atoms with Crippen molar-refractivity contribution in [3.8, 4) is 5.75 Å². The van der Waals surface area contributed by atoms with E-state index in [4.69, 9.17) is 4.74 Å². The van der Waals surface area contributed by atoms with E-state index in [0.717, 1.165) is 12.8 Å². The van der Waals surface area contributed by atoms with E-state index in [0.29, 0.717) is 12.3 Å². The molecule has 3 nitrogen and oxygen atoms in total. The molecule has 1 saturated carbocycles. The van der Waals surface area contributed by atoms with Crippen LogP contribution in [0, 0.1) is 5.82 Å². The van der Waals surface area contributed by atoms with Gasteiger partial charge in [-0.2, -0.15) is 0 Å². The zero-order valence-electron chi connectivity index (χ0n) is 12.9. The Morgan fingerprint density at radius 1 is 1.13 bits per heavy atom. The van der Waals surface area contributed by atoms with Gasteiger partial charge in [0.25, 0.3) is 0 Å². The minimum Gasteiger partial charge on any atom is -0.493 e. The summed E-state index contributed by atoms with van der Waals surface area (Å²) in [5.41, 5.74) is 1.40. The Morgan fingerprint density at radius 3 is 2.61 bits per heavy atom. The number of carbonyl (C=O) groups is 1. The molecule has 0 aromatic heterocycles. The third-order valence-electron chi connectivity index (χ3n) is 4.26. The average molecular weight is 313 g/mol. The molecular weight excluding hydrogens is 293 g/mol. The first kappa shape index (κ1) is 15.5. The van der Waals surface area contributed by atoms with Crippen molar-refractivity contribution in [3.63, 3.8) is 0 Å². The SMILES string of the molecule is O=C(CCOc1cccc(F)c1)NCC1(c2ccccc2)CC1. The van der Waals surface area contributed by atoms with Gasteiger partial charge in [0, 0.05) is 18.0 Å². The van der Waals surface area contributed by atoms with Gasteiger partial charge < -0.3 is 10.1 Å². The Labute approximate surface area is 135 Å². The number of carbonyl (C=O) groups excluding carboxylic acids is 1. The molecule has 2 aromatic rings. The molecule has 0 saturated heterocycles. The maximum atomic E-state index is 13.0. The molecule has 4 heteroatoms. The second-order valence-corrected chi connectivity index (χ2v) is 5.98. The standard InChI is InChI=1S/C19H20FNO2/c20-16-7-4-8-17(13-16)23-12-9-18(22)21-14-19(10-11-19)15-5-2-1-3-6-15/h1-8,13H,9-12,14H2,(H,21,22). The summed E-state index contributed by atoms with van der Waals surface area (Å²) in [6.45, 7) is 0.906. The van der Waals surface area contributed by atoms with Gasteiger partial charge in [-0.05, 0) is 30.5 Å². The summed E-state index contributed by atoms with van der Waals surface area (Å²) in [6.07, 6.45) is 2.48. The van der Waals surface area contributed by atoms with Crippen molar-refractivity contribution in [3.05, 3.63) is 66.0 Å². The lowest BCUT2D eigenvalue weighted by atomic mass is 9.96. The number of halogens is 1. The van der Waals surface area contributed by atoms with E-state index in [2.05, 4.69) is 17.4 Å². The first-order valence-electron chi connectivity index (χ1n) is 7.89. The molecule has 1 fully saturated rings. The Kier molecular flexibility index (Phi) is 4.60. The molecule has 0 atom stereocenters. The lowest BCUT2D eigenvalue weighted by Crippen LogP contribution is -2.32. The van der Waals surface area contributed by atoms with E-state index >= 15 is 0 Å². The maximum absolute atomic E-state index is 13.0. The number of hydrogen-bond acceptors (Lipinski definition) is 2. The van der Waals surface area contributed by atoms with Crippen molar-refractivity contribution >= 4 is 5.91 Å². The van der Waals surface area contributed by atoms with Gasteiger partial charge in [-0.15, -0.1) is 0 Å². The van der Waals surface area contributed by atoms with Crippen LogP contribution in [-0.2, 0) is 10.2 Å². The summed E-state index contributed by atoms with van der Waals surface area (Å²) in [7, 11) is 0. The largest absolute Gasteiger partial charge is 0.493 e. The van der Waals surface area contributed by atoms with Crippen LogP contribution in [0.3, 0.4) is 0 Å². The van der Waals surface area contributed by atoms with Crippen molar-refractivity contribution < 1.29 is 13.9 Å². The van der Waals surface area contributed by atoms with E-state index in [1.165, 1.54) is 17.7 Å². The van der Waals surface area contributed by atoms with E-state index in [1.807, 2.05) is 18.2 Å². The summed E-state index contributed by atoms with van der Waals surface area (Å²) in [5.74, 6) is 0.0647. The quantitative estimate of drug-likeness (QED) is 0.850. The molecule has 120 valence electrons. The molecule has 0 heterocycles. The van der Waals surface area contributed by atoms with Gasteiger partial charge in [0.15, 0.2) is 0 Å². The number of rotatable bonds is 7. The number of hydrogen-bond donors (Lipinski definition) is 1. The van der Waals surface area contributed by atoms with Gasteiger partial charge in [-0.1, -0.05) is 36.4 Å². The van der Waals surface area contributed by atoms with E-state index in [9.17, 15) is 9.18 Å². The first-order chi connectivity index (χ1) is 11.2. The molecule has 1 amide bonds. The highest BCUT2D eigenvalue weighted by atomic mass is 19.1. The van der Waals surface area contributed by atoms with Crippen LogP contribution in [0.5, 0.6) is 5.75 Å². The van der Waals surface area contributed by atoms with Gasteiger partial charge in [-0.25, -0.2) is 4.39 Å². The number of benzene rings is 2. The predicted octanol–water partition coefficient (Wildman–Crippen LogP) is 3.44. The molecule has 0 unspecified atom stereocenters. The van der Waals surface area contributed by atoms with Crippen LogP contribution in [0.1, 0.15) is 24.8 Å². The third-order valence-corrected chi connectivity index (χ3v) is 4.26. The fourth-order valence-electron chi connectivity index (χ4n) is 2.68. The number of nitrogens with one attached hydrogen (secondary N) is 1. The van der Waals surface area contributed by atoms with Crippen LogP contribution in [0.15, 0.2) is 54.6 Å². The fraction of sp³-hybridized carbons (Fsp3) is 0.316. The monoisotopic (exact) mass is 313 g/mol. The molecule has 0 bridgehead atoms. The highest BCUT2D eigenvalue weighted by molar-refractivity contribution is 5.76. The van der Waals surface area contributed by atoms with Gasteiger partial charge in [0.2, 0.25) is 5.91 Å². The zero-order chi connectivity index (χ0) is 16.1. The second kappa shape index (κ2) is 6.82. The summed E-state index contributed by atoms with van der Waals surface area (Å²) in [5, 5.41) is 2.99. The molecule has 1 aliphatic carbocycles. The molecule has 0 radical (unpaired) electrons. The molecular formula is C19H20FNO2. The lowest BCUT2D eigenvalue weighted by molar-refractivity contribution is -0.121. The number of ether oxygens (including phenoxy) is 1. The van der Waals surface area contributed by atoms with Crippen molar-refractivity contribution in [2.45, 2.75) is 24.7 Å². The van der Waals surface area contributed by atoms with Crippen molar-refractivity contribution in [1.29, 1.82) is 0 Å². The minimum atomic E-state index is -0.342. The molecule has 2 aromatic carbocycles. The van der Waals surface area contributed by atoms with Gasteiger partial charge in [-0.3, -0.25) is 4.79 Å². The van der Waals surface area contributed by atoms with Crippen LogP contribution in [0.2, 0.25) is 0 Å². The van der Waals surface area contributed by atoms with Crippen LogP contribution in [-0.4, -0.2) is 19.1 Å². The molecule has 23 heavy (non-hydrogen) atoms. The third kappa shape index (κ3) is 4.09. The Balaban J connectivity index is 1.42. The van der Waals surface area contributed by atoms with Gasteiger partial charge >= 0.3 is 0 Å². The van der Waals surface area contributed by atoms with Gasteiger partial charge in [0.05, 0.1) is 13.0 Å². The van der Waals surface area contributed by atoms with E-state index < -0.39 is 0 Å². The maximum Gasteiger partial charge on any atom is 0.223 e. The highest BCUT2D eigenvalue weighted by Crippen LogP contribution is 2.47. The highest BCUT2D eigenvalue weighted by Gasteiger charge is 2.44. The van der Waals surface area contributed by atoms with E-state index in [1.54, 1.807) is 12.1 Å². The molecule has 1 aliphatic rings.